The molecule has 1 aromatic carbocycles. The van der Waals surface area contributed by atoms with Gasteiger partial charge in [-0.15, -0.1) is 0 Å². The van der Waals surface area contributed by atoms with Gasteiger partial charge >= 0.3 is 0 Å². The number of imide groups is 1. The maximum Gasteiger partial charge on any atom is 0.294 e. The van der Waals surface area contributed by atoms with E-state index in [4.69, 9.17) is 15.2 Å². The van der Waals surface area contributed by atoms with Crippen LogP contribution in [0.5, 0.6) is 11.5 Å². The monoisotopic (exact) mass is 414 g/mol. The number of thioether (sulfide) groups is 1. The molecule has 0 atom stereocenters. The Kier molecular flexibility index (Phi) is 5.89. The highest BCUT2D eigenvalue weighted by Gasteiger charge is 2.35. The van der Waals surface area contributed by atoms with E-state index < -0.39 is 23.6 Å². The SMILES string of the molecule is CCOc1c(Br)cc(/C=C2\SC(=O)N(CC(N)=O)C2=O)cc1OC. The molecule has 9 heteroatoms. The first kappa shape index (κ1) is 18.3. The van der Waals surface area contributed by atoms with Gasteiger partial charge in [0.05, 0.1) is 23.1 Å². The fourth-order valence-corrected chi connectivity index (χ4v) is 3.46. The Labute approximate surface area is 151 Å². The summed E-state index contributed by atoms with van der Waals surface area (Å²) in [7, 11) is 1.51. The molecule has 1 aliphatic heterocycles. The number of nitrogens with zero attached hydrogens (tertiary/aromatic N) is 1. The van der Waals surface area contributed by atoms with Crippen molar-refractivity contribution in [1.29, 1.82) is 0 Å². The van der Waals surface area contributed by atoms with Crippen LogP contribution < -0.4 is 15.2 Å². The smallest absolute Gasteiger partial charge is 0.294 e. The van der Waals surface area contributed by atoms with Crippen LogP contribution in [0, 0.1) is 0 Å². The Morgan fingerprint density at radius 1 is 1.42 bits per heavy atom. The van der Waals surface area contributed by atoms with E-state index in [9.17, 15) is 14.4 Å². The van der Waals surface area contributed by atoms with Gasteiger partial charge in [-0.3, -0.25) is 19.3 Å². The fraction of sp³-hybridized carbons (Fsp3) is 0.267. The van der Waals surface area contributed by atoms with Crippen LogP contribution in [0.15, 0.2) is 21.5 Å². The van der Waals surface area contributed by atoms with Crippen molar-refractivity contribution in [1.82, 2.24) is 4.90 Å². The average Bonchev–Trinajstić information content (AvgIpc) is 2.77. The van der Waals surface area contributed by atoms with Gasteiger partial charge in [0.15, 0.2) is 11.5 Å². The van der Waals surface area contributed by atoms with Crippen LogP contribution >= 0.6 is 27.7 Å². The van der Waals surface area contributed by atoms with Crippen LogP contribution in [-0.4, -0.2) is 42.2 Å². The zero-order valence-corrected chi connectivity index (χ0v) is 15.4. The lowest BCUT2D eigenvalue weighted by molar-refractivity contribution is -0.127. The van der Waals surface area contributed by atoms with Crippen LogP contribution in [0.4, 0.5) is 4.79 Å². The third-order valence-electron chi connectivity index (χ3n) is 3.03. The molecule has 0 radical (unpaired) electrons. The number of hydrogen-bond donors (Lipinski definition) is 1. The summed E-state index contributed by atoms with van der Waals surface area (Å²) >= 11 is 4.15. The summed E-state index contributed by atoms with van der Waals surface area (Å²) in [6.45, 7) is 1.90. The molecular formula is C15H15BrN2O5S. The number of primary amides is 1. The summed E-state index contributed by atoms with van der Waals surface area (Å²) in [5, 5.41) is -0.526. The lowest BCUT2D eigenvalue weighted by Crippen LogP contribution is -2.36. The number of carbonyl (C=O) groups is 3. The molecular weight excluding hydrogens is 400 g/mol. The van der Waals surface area contributed by atoms with Crippen LogP contribution in [-0.2, 0) is 9.59 Å². The van der Waals surface area contributed by atoms with Gasteiger partial charge in [0.25, 0.3) is 11.1 Å². The van der Waals surface area contributed by atoms with Crippen molar-refractivity contribution in [2.45, 2.75) is 6.92 Å². The standard InChI is InChI=1S/C15H15BrN2O5S/c1-3-23-13-9(16)4-8(5-10(13)22-2)6-11-14(20)18(7-12(17)19)15(21)24-11/h4-6H,3,7H2,1-2H3,(H2,17,19)/b11-6-. The second-order valence-electron chi connectivity index (χ2n) is 4.70. The summed E-state index contributed by atoms with van der Waals surface area (Å²) in [4.78, 5) is 36.0. The number of halogens is 1. The molecule has 7 nitrogen and oxygen atoms in total. The molecule has 0 aromatic heterocycles. The maximum atomic E-state index is 12.2. The van der Waals surface area contributed by atoms with E-state index in [2.05, 4.69) is 15.9 Å². The molecule has 24 heavy (non-hydrogen) atoms. The molecule has 2 rings (SSSR count). The quantitative estimate of drug-likeness (QED) is 0.717. The van der Waals surface area contributed by atoms with Crippen molar-refractivity contribution >= 4 is 50.8 Å². The largest absolute Gasteiger partial charge is 0.493 e. The molecule has 1 fully saturated rings. The third kappa shape index (κ3) is 3.90. The summed E-state index contributed by atoms with van der Waals surface area (Å²) in [5.74, 6) is -0.246. The van der Waals surface area contributed by atoms with Gasteiger partial charge in [0.2, 0.25) is 5.91 Å². The molecule has 1 aromatic rings. The number of nitrogens with two attached hydrogens (primary N) is 1. The second kappa shape index (κ2) is 7.71. The van der Waals surface area contributed by atoms with Crippen LogP contribution in [0.25, 0.3) is 6.08 Å². The van der Waals surface area contributed by atoms with E-state index in [1.54, 1.807) is 18.2 Å². The second-order valence-corrected chi connectivity index (χ2v) is 6.55. The Balaban J connectivity index is 2.35. The van der Waals surface area contributed by atoms with Gasteiger partial charge in [-0.25, -0.2) is 0 Å². The lowest BCUT2D eigenvalue weighted by atomic mass is 10.2. The minimum absolute atomic E-state index is 0.208. The van der Waals surface area contributed by atoms with Crippen molar-refractivity contribution in [3.63, 3.8) is 0 Å². The van der Waals surface area contributed by atoms with Gasteiger partial charge in [-0.1, -0.05) is 0 Å². The van der Waals surface area contributed by atoms with Crippen molar-refractivity contribution in [3.05, 3.63) is 27.1 Å². The van der Waals surface area contributed by atoms with E-state index in [1.165, 1.54) is 7.11 Å². The zero-order chi connectivity index (χ0) is 17.9. The van der Waals surface area contributed by atoms with E-state index in [0.29, 0.717) is 28.1 Å². The highest BCUT2D eigenvalue weighted by molar-refractivity contribution is 9.10. The van der Waals surface area contributed by atoms with Gasteiger partial charge in [-0.2, -0.15) is 0 Å². The molecule has 3 amide bonds. The number of benzene rings is 1. The minimum Gasteiger partial charge on any atom is -0.493 e. The summed E-state index contributed by atoms with van der Waals surface area (Å²) in [6.07, 6.45) is 1.55. The first-order valence-electron chi connectivity index (χ1n) is 6.91. The maximum absolute atomic E-state index is 12.2. The van der Waals surface area contributed by atoms with Crippen molar-refractivity contribution in [2.24, 2.45) is 5.73 Å². The van der Waals surface area contributed by atoms with E-state index in [-0.39, 0.29) is 4.91 Å². The zero-order valence-electron chi connectivity index (χ0n) is 13.0. The van der Waals surface area contributed by atoms with Gasteiger partial charge in [-0.05, 0) is 58.4 Å². The van der Waals surface area contributed by atoms with Crippen LogP contribution in [0.3, 0.4) is 0 Å². The number of ether oxygens (including phenoxy) is 2. The molecule has 0 spiro atoms. The predicted octanol–water partition coefficient (Wildman–Crippen LogP) is 2.38. The molecule has 0 unspecified atom stereocenters. The molecule has 1 saturated heterocycles. The summed E-state index contributed by atoms with van der Waals surface area (Å²) in [6, 6.07) is 3.44. The minimum atomic E-state index is -0.746. The normalized spacial score (nSPS) is 16.0. The van der Waals surface area contributed by atoms with Gasteiger partial charge in [0.1, 0.15) is 6.54 Å². The first-order valence-corrected chi connectivity index (χ1v) is 8.52. The Bertz CT molecular complexity index is 735. The van der Waals surface area contributed by atoms with E-state index in [0.717, 1.165) is 16.7 Å². The fourth-order valence-electron chi connectivity index (χ4n) is 2.05. The van der Waals surface area contributed by atoms with Crippen LogP contribution in [0.2, 0.25) is 0 Å². The van der Waals surface area contributed by atoms with Crippen LogP contribution in [0.1, 0.15) is 12.5 Å². The van der Waals surface area contributed by atoms with Crippen molar-refractivity contribution < 1.29 is 23.9 Å². The van der Waals surface area contributed by atoms with Gasteiger partial charge in [0, 0.05) is 0 Å². The van der Waals surface area contributed by atoms with Crippen molar-refractivity contribution in [3.8, 4) is 11.5 Å². The van der Waals surface area contributed by atoms with Crippen molar-refractivity contribution in [2.75, 3.05) is 20.3 Å². The molecule has 128 valence electrons. The number of hydrogen-bond acceptors (Lipinski definition) is 6. The predicted molar refractivity (Wildman–Crippen MR) is 93.7 cm³/mol. The highest BCUT2D eigenvalue weighted by atomic mass is 79.9. The topological polar surface area (TPSA) is 98.9 Å². The molecule has 0 aliphatic carbocycles. The number of rotatable bonds is 6. The average molecular weight is 415 g/mol. The summed E-state index contributed by atoms with van der Waals surface area (Å²) < 4.78 is 11.5. The number of methoxy groups -OCH3 is 1. The highest BCUT2D eigenvalue weighted by Crippen LogP contribution is 2.39. The molecule has 1 heterocycles. The molecule has 0 saturated carbocycles. The Morgan fingerprint density at radius 3 is 2.71 bits per heavy atom. The number of amides is 3. The first-order chi connectivity index (χ1) is 11.4. The molecule has 1 aliphatic rings. The molecule has 2 N–H and O–H groups in total. The Hall–Kier alpha value is -2.00. The molecule has 0 bridgehead atoms. The van der Waals surface area contributed by atoms with E-state index in [1.807, 2.05) is 6.92 Å². The Morgan fingerprint density at radius 2 is 2.12 bits per heavy atom. The number of carbonyl (C=O) groups excluding carboxylic acids is 3. The van der Waals surface area contributed by atoms with Gasteiger partial charge < -0.3 is 15.2 Å². The lowest BCUT2D eigenvalue weighted by Gasteiger charge is -2.12. The summed E-state index contributed by atoms with van der Waals surface area (Å²) in [5.41, 5.74) is 5.69. The third-order valence-corrected chi connectivity index (χ3v) is 4.52. The van der Waals surface area contributed by atoms with E-state index >= 15 is 0 Å².